The van der Waals surface area contributed by atoms with Crippen molar-refractivity contribution in [3.05, 3.63) is 0 Å². The quantitative estimate of drug-likeness (QED) is 0.191. The van der Waals surface area contributed by atoms with Gasteiger partial charge in [-0.2, -0.15) is 0 Å². The summed E-state index contributed by atoms with van der Waals surface area (Å²) in [5.74, 6) is 2.11. The molecule has 0 amide bonds. The summed E-state index contributed by atoms with van der Waals surface area (Å²) in [4.78, 5) is 24.4. The van der Waals surface area contributed by atoms with Crippen molar-refractivity contribution in [2.24, 2.45) is 23.7 Å². The number of Topliss-reactive ketones (excluding diaryl/α,β-unsaturated/α-hetero) is 1. The SMILES string of the molecule is CCOC(=O)C(OCC)C(=O)CCCC[C@@H]1[C@@H](CCCCC2CCC(C)CC2)CC[C@@H]1O. The number of ether oxygens (including phenoxy) is 2. The van der Waals surface area contributed by atoms with Crippen molar-refractivity contribution >= 4 is 11.8 Å². The van der Waals surface area contributed by atoms with Gasteiger partial charge in [-0.25, -0.2) is 4.79 Å². The van der Waals surface area contributed by atoms with Gasteiger partial charge in [-0.3, -0.25) is 4.79 Å². The largest absolute Gasteiger partial charge is 0.464 e. The normalized spacial score (nSPS) is 29.1. The lowest BCUT2D eigenvalue weighted by molar-refractivity contribution is -0.161. The van der Waals surface area contributed by atoms with E-state index in [0.717, 1.165) is 43.9 Å². The number of aliphatic hydroxyl groups excluding tert-OH is 1. The van der Waals surface area contributed by atoms with Crippen molar-refractivity contribution in [3.63, 3.8) is 0 Å². The lowest BCUT2D eigenvalue weighted by Crippen LogP contribution is -2.34. The van der Waals surface area contributed by atoms with Crippen molar-refractivity contribution in [3.8, 4) is 0 Å². The Balaban J connectivity index is 1.65. The molecule has 5 heteroatoms. The minimum atomic E-state index is -1.09. The van der Waals surface area contributed by atoms with E-state index in [9.17, 15) is 14.7 Å². The third-order valence-corrected chi connectivity index (χ3v) is 7.84. The minimum absolute atomic E-state index is 0.189. The van der Waals surface area contributed by atoms with Crippen molar-refractivity contribution in [2.45, 2.75) is 123 Å². The zero-order valence-electron chi connectivity index (χ0n) is 20.9. The molecule has 186 valence electrons. The first-order chi connectivity index (χ1) is 15.5. The first-order valence-corrected chi connectivity index (χ1v) is 13.4. The van der Waals surface area contributed by atoms with Crippen LogP contribution in [0.2, 0.25) is 0 Å². The van der Waals surface area contributed by atoms with E-state index < -0.39 is 12.1 Å². The minimum Gasteiger partial charge on any atom is -0.464 e. The van der Waals surface area contributed by atoms with E-state index in [1.54, 1.807) is 13.8 Å². The maximum absolute atomic E-state index is 12.4. The van der Waals surface area contributed by atoms with E-state index in [0.29, 0.717) is 24.9 Å². The summed E-state index contributed by atoms with van der Waals surface area (Å²) in [5, 5.41) is 10.5. The number of ketones is 1. The van der Waals surface area contributed by atoms with Crippen LogP contribution in [0, 0.1) is 23.7 Å². The highest BCUT2D eigenvalue weighted by Crippen LogP contribution is 2.39. The van der Waals surface area contributed by atoms with Crippen molar-refractivity contribution < 1.29 is 24.2 Å². The third-order valence-electron chi connectivity index (χ3n) is 7.84. The number of hydrogen-bond donors (Lipinski definition) is 1. The van der Waals surface area contributed by atoms with E-state index in [1.165, 1.54) is 51.4 Å². The predicted octanol–water partition coefficient (Wildman–Crippen LogP) is 5.86. The second-order valence-corrected chi connectivity index (χ2v) is 10.3. The van der Waals surface area contributed by atoms with Gasteiger partial charge in [0.2, 0.25) is 6.10 Å². The molecule has 2 fully saturated rings. The number of rotatable bonds is 15. The molecule has 1 N–H and O–H groups in total. The molecule has 4 atom stereocenters. The Kier molecular flexibility index (Phi) is 12.8. The first-order valence-electron chi connectivity index (χ1n) is 13.4. The number of hydrogen-bond acceptors (Lipinski definition) is 5. The highest BCUT2D eigenvalue weighted by Gasteiger charge is 2.34. The van der Waals surface area contributed by atoms with Crippen LogP contribution >= 0.6 is 0 Å². The summed E-state index contributed by atoms with van der Waals surface area (Å²) < 4.78 is 10.3. The van der Waals surface area contributed by atoms with Gasteiger partial charge < -0.3 is 14.6 Å². The van der Waals surface area contributed by atoms with Crippen molar-refractivity contribution in [2.75, 3.05) is 13.2 Å². The monoisotopic (exact) mass is 452 g/mol. The van der Waals surface area contributed by atoms with Gasteiger partial charge in [0, 0.05) is 13.0 Å². The van der Waals surface area contributed by atoms with Crippen LogP contribution in [0.1, 0.15) is 111 Å². The highest BCUT2D eigenvalue weighted by molar-refractivity contribution is 6.01. The van der Waals surface area contributed by atoms with Crippen LogP contribution in [-0.4, -0.2) is 42.3 Å². The molecule has 1 unspecified atom stereocenters. The lowest BCUT2D eigenvalue weighted by atomic mass is 9.80. The molecule has 0 bridgehead atoms. The van der Waals surface area contributed by atoms with Crippen LogP contribution in [0.3, 0.4) is 0 Å². The number of esters is 1. The first kappa shape index (κ1) is 27.3. The van der Waals surface area contributed by atoms with Gasteiger partial charge in [0.25, 0.3) is 0 Å². The molecule has 0 radical (unpaired) electrons. The summed E-state index contributed by atoms with van der Waals surface area (Å²) in [5.41, 5.74) is 0. The second-order valence-electron chi connectivity index (χ2n) is 10.3. The average molecular weight is 453 g/mol. The van der Waals surface area contributed by atoms with Crippen LogP contribution in [0.5, 0.6) is 0 Å². The molecular weight excluding hydrogens is 404 g/mol. The van der Waals surface area contributed by atoms with Crippen LogP contribution in [-0.2, 0) is 19.1 Å². The average Bonchev–Trinajstić information content (AvgIpc) is 3.13. The standard InChI is InChI=1S/C27H48O5/c1-4-31-26(27(30)32-5-2)25(29)13-9-8-12-23-22(18-19-24(23)28)11-7-6-10-21-16-14-20(3)15-17-21/h20-24,26,28H,4-19H2,1-3H3/t20?,21?,22-,23+,24-,26?/m0/s1. The Labute approximate surface area is 196 Å². The molecule has 0 spiro atoms. The molecule has 0 saturated heterocycles. The summed E-state index contributed by atoms with van der Waals surface area (Å²) >= 11 is 0. The molecule has 0 aromatic rings. The highest BCUT2D eigenvalue weighted by atomic mass is 16.6. The van der Waals surface area contributed by atoms with E-state index in [1.807, 2.05) is 0 Å². The Morgan fingerprint density at radius 1 is 0.875 bits per heavy atom. The molecule has 2 aliphatic carbocycles. The zero-order chi connectivity index (χ0) is 23.3. The van der Waals surface area contributed by atoms with Crippen LogP contribution in [0.15, 0.2) is 0 Å². The van der Waals surface area contributed by atoms with Crippen molar-refractivity contribution in [1.82, 2.24) is 0 Å². The Hall–Kier alpha value is -0.940. The van der Waals surface area contributed by atoms with E-state index in [2.05, 4.69) is 6.92 Å². The maximum Gasteiger partial charge on any atom is 0.343 e. The smallest absolute Gasteiger partial charge is 0.343 e. The van der Waals surface area contributed by atoms with Gasteiger partial charge >= 0.3 is 5.97 Å². The Morgan fingerprint density at radius 3 is 2.25 bits per heavy atom. The van der Waals surface area contributed by atoms with E-state index in [4.69, 9.17) is 9.47 Å². The summed E-state index contributed by atoms with van der Waals surface area (Å²) in [7, 11) is 0. The molecule has 0 aromatic heterocycles. The Bertz CT molecular complexity index is 540. The fourth-order valence-electron chi connectivity index (χ4n) is 5.86. The zero-order valence-corrected chi connectivity index (χ0v) is 20.9. The molecule has 0 aromatic carbocycles. The summed E-state index contributed by atoms with van der Waals surface area (Å²) in [6.45, 7) is 6.44. The van der Waals surface area contributed by atoms with Gasteiger partial charge in [-0.15, -0.1) is 0 Å². The molecule has 2 rings (SSSR count). The van der Waals surface area contributed by atoms with Crippen LogP contribution < -0.4 is 0 Å². The fraction of sp³-hybridized carbons (Fsp3) is 0.926. The van der Waals surface area contributed by atoms with E-state index in [-0.39, 0.29) is 18.5 Å². The Morgan fingerprint density at radius 2 is 1.56 bits per heavy atom. The topological polar surface area (TPSA) is 72.8 Å². The van der Waals surface area contributed by atoms with Gasteiger partial charge in [0.15, 0.2) is 5.78 Å². The third kappa shape index (κ3) is 9.13. The predicted molar refractivity (Wildman–Crippen MR) is 127 cm³/mol. The maximum atomic E-state index is 12.4. The van der Waals surface area contributed by atoms with Crippen LogP contribution in [0.4, 0.5) is 0 Å². The lowest BCUT2D eigenvalue weighted by Gasteiger charge is -2.26. The van der Waals surface area contributed by atoms with Crippen molar-refractivity contribution in [1.29, 1.82) is 0 Å². The molecule has 2 saturated carbocycles. The number of aliphatic hydroxyl groups is 1. The number of carbonyl (C=O) groups excluding carboxylic acids is 2. The van der Waals surface area contributed by atoms with Gasteiger partial charge in [-0.05, 0) is 63.2 Å². The number of carbonyl (C=O) groups is 2. The summed E-state index contributed by atoms with van der Waals surface area (Å²) in [6.07, 6.45) is 14.6. The number of unbranched alkanes of at least 4 members (excludes halogenated alkanes) is 2. The molecule has 2 aliphatic rings. The van der Waals surface area contributed by atoms with Gasteiger partial charge in [-0.1, -0.05) is 64.7 Å². The van der Waals surface area contributed by atoms with Gasteiger partial charge in [0.1, 0.15) is 0 Å². The fourth-order valence-corrected chi connectivity index (χ4v) is 5.86. The second kappa shape index (κ2) is 15.1. The molecule has 0 heterocycles. The van der Waals surface area contributed by atoms with Crippen LogP contribution in [0.25, 0.3) is 0 Å². The molecule has 5 nitrogen and oxygen atoms in total. The molecular formula is C27H48O5. The molecule has 0 aliphatic heterocycles. The van der Waals surface area contributed by atoms with E-state index >= 15 is 0 Å². The summed E-state index contributed by atoms with van der Waals surface area (Å²) in [6, 6.07) is 0. The molecule has 32 heavy (non-hydrogen) atoms. The van der Waals surface area contributed by atoms with Gasteiger partial charge in [0.05, 0.1) is 12.7 Å².